The molecular formula is C29H30FN6O4P. The van der Waals surface area contributed by atoms with E-state index in [4.69, 9.17) is 9.47 Å². The van der Waals surface area contributed by atoms with E-state index in [1.165, 1.54) is 24.4 Å². The standard InChI is InChI=1S/C29H30FN6O4P/c1-18-27(19(2)36(34(18)3)20-7-5-4-6-8-20)28(37)32-23-16-22(30)24(17-25(23)41)40-21-9-10-31-26(15-21)33-29(38)35-11-13-39-14-12-35/h4-10,15-17H,2,11-14,41H2,1,3H3,(H,32,37)(H,31,33,38). The van der Waals surface area contributed by atoms with E-state index in [-0.39, 0.29) is 29.0 Å². The average molecular weight is 577 g/mol. The molecule has 10 nitrogen and oxygen atoms in total. The maximum Gasteiger partial charge on any atom is 0.323 e. The lowest BCUT2D eigenvalue weighted by Crippen LogP contribution is -2.43. The molecule has 1 unspecified atom stereocenters. The third kappa shape index (κ3) is 6.01. The lowest BCUT2D eigenvalue weighted by molar-refractivity contribution is -0.112. The first-order chi connectivity index (χ1) is 19.7. The van der Waals surface area contributed by atoms with E-state index in [2.05, 4.69) is 31.4 Å². The Kier molecular flexibility index (Phi) is 8.19. The number of nitrogens with one attached hydrogen (secondary N) is 2. The van der Waals surface area contributed by atoms with E-state index in [1.807, 2.05) is 54.3 Å². The molecule has 1 aromatic heterocycles. The zero-order chi connectivity index (χ0) is 29.1. The number of pyridine rings is 1. The van der Waals surface area contributed by atoms with Crippen molar-refractivity contribution >= 4 is 43.7 Å². The number of anilines is 3. The molecule has 1 saturated heterocycles. The van der Waals surface area contributed by atoms with Gasteiger partial charge < -0.3 is 19.7 Å². The van der Waals surface area contributed by atoms with Crippen LogP contribution in [-0.4, -0.2) is 60.2 Å². The number of hydrogen-bond acceptors (Lipinski definition) is 7. The first-order valence-electron chi connectivity index (χ1n) is 12.9. The van der Waals surface area contributed by atoms with Crippen LogP contribution in [0.1, 0.15) is 6.92 Å². The fourth-order valence-electron chi connectivity index (χ4n) is 4.57. The zero-order valence-corrected chi connectivity index (χ0v) is 23.8. The van der Waals surface area contributed by atoms with Gasteiger partial charge in [-0.3, -0.25) is 20.1 Å². The Balaban J connectivity index is 1.28. The molecular weight excluding hydrogens is 546 g/mol. The molecule has 0 bridgehead atoms. The summed E-state index contributed by atoms with van der Waals surface area (Å²) in [6.45, 7) is 7.89. The third-order valence-corrected chi connectivity index (χ3v) is 7.24. The molecule has 3 aromatic rings. The topological polar surface area (TPSA) is 99.3 Å². The number of aromatic nitrogens is 1. The Morgan fingerprint density at radius 3 is 2.56 bits per heavy atom. The van der Waals surface area contributed by atoms with E-state index in [9.17, 15) is 9.59 Å². The number of rotatable bonds is 6. The molecule has 5 rings (SSSR count). The number of ether oxygens (including phenoxy) is 2. The summed E-state index contributed by atoms with van der Waals surface area (Å²) in [6.07, 6.45) is 1.46. The van der Waals surface area contributed by atoms with Gasteiger partial charge >= 0.3 is 6.03 Å². The van der Waals surface area contributed by atoms with Gasteiger partial charge in [0.05, 0.1) is 35.9 Å². The van der Waals surface area contributed by atoms with Gasteiger partial charge in [-0.1, -0.05) is 24.8 Å². The molecule has 1 atom stereocenters. The number of amides is 3. The van der Waals surface area contributed by atoms with Crippen molar-refractivity contribution in [2.75, 3.05) is 49.0 Å². The smallest absolute Gasteiger partial charge is 0.323 e. The number of hydrazine groups is 1. The highest BCUT2D eigenvalue weighted by Crippen LogP contribution is 2.35. The first-order valence-corrected chi connectivity index (χ1v) is 13.5. The summed E-state index contributed by atoms with van der Waals surface area (Å²) >= 11 is 0. The minimum absolute atomic E-state index is 0.0553. The quantitative estimate of drug-likeness (QED) is 0.418. The van der Waals surface area contributed by atoms with E-state index >= 15 is 4.39 Å². The van der Waals surface area contributed by atoms with Crippen molar-refractivity contribution in [1.29, 1.82) is 0 Å². The highest BCUT2D eigenvalue weighted by Gasteiger charge is 2.33. The maximum absolute atomic E-state index is 15.2. The number of morpholine rings is 1. The van der Waals surface area contributed by atoms with Crippen LogP contribution in [0.3, 0.4) is 0 Å². The van der Waals surface area contributed by atoms with Crippen molar-refractivity contribution in [2.45, 2.75) is 6.92 Å². The summed E-state index contributed by atoms with van der Waals surface area (Å²) in [5, 5.41) is 9.72. The SMILES string of the molecule is C=C1C(C(=O)Nc2cc(F)c(Oc3ccnc(NC(=O)N4CCOCC4)c3)cc2P)=C(C)N(C)N1c1ccccc1. The predicted octanol–water partition coefficient (Wildman–Crippen LogP) is 4.47. The first kappa shape index (κ1) is 28.1. The van der Waals surface area contributed by atoms with Gasteiger partial charge in [-0.2, -0.15) is 0 Å². The van der Waals surface area contributed by atoms with Gasteiger partial charge in [0.1, 0.15) is 11.6 Å². The molecule has 2 aliphatic rings. The van der Waals surface area contributed by atoms with Crippen LogP contribution < -0.4 is 25.7 Å². The molecule has 212 valence electrons. The lowest BCUT2D eigenvalue weighted by Gasteiger charge is -2.29. The molecule has 2 aromatic carbocycles. The van der Waals surface area contributed by atoms with Gasteiger partial charge in [0.25, 0.3) is 5.91 Å². The van der Waals surface area contributed by atoms with Crippen LogP contribution in [0.25, 0.3) is 0 Å². The Hall–Kier alpha value is -4.47. The molecule has 0 aliphatic carbocycles. The second-order valence-corrected chi connectivity index (χ2v) is 10.0. The summed E-state index contributed by atoms with van der Waals surface area (Å²) in [7, 11) is 4.33. The lowest BCUT2D eigenvalue weighted by atomic mass is 10.1. The number of para-hydroxylation sites is 1. The van der Waals surface area contributed by atoms with Crippen molar-refractivity contribution in [3.8, 4) is 11.5 Å². The van der Waals surface area contributed by atoms with Crippen molar-refractivity contribution in [1.82, 2.24) is 14.9 Å². The van der Waals surface area contributed by atoms with E-state index in [0.29, 0.717) is 48.6 Å². The predicted molar refractivity (Wildman–Crippen MR) is 159 cm³/mol. The third-order valence-electron chi connectivity index (χ3n) is 6.76. The molecule has 0 spiro atoms. The van der Waals surface area contributed by atoms with Gasteiger partial charge in [-0.25, -0.2) is 14.2 Å². The summed E-state index contributed by atoms with van der Waals surface area (Å²) in [5.41, 5.74) is 2.74. The normalized spacial score (nSPS) is 15.3. The number of carbonyl (C=O) groups excluding carboxylic acids is 2. The van der Waals surface area contributed by atoms with Crippen molar-refractivity contribution in [2.24, 2.45) is 0 Å². The number of nitrogens with zero attached hydrogens (tertiary/aromatic N) is 4. The molecule has 2 N–H and O–H groups in total. The number of benzene rings is 2. The fraction of sp³-hybridized carbons (Fsp3) is 0.207. The van der Waals surface area contributed by atoms with Crippen LogP contribution >= 0.6 is 9.24 Å². The molecule has 41 heavy (non-hydrogen) atoms. The zero-order valence-electron chi connectivity index (χ0n) is 22.7. The number of halogens is 1. The Labute approximate surface area is 239 Å². The molecule has 3 heterocycles. The van der Waals surface area contributed by atoms with Gasteiger partial charge in [0.2, 0.25) is 0 Å². The number of hydrogen-bond donors (Lipinski definition) is 2. The van der Waals surface area contributed by atoms with Crippen LogP contribution in [0.2, 0.25) is 0 Å². The maximum atomic E-state index is 15.2. The monoisotopic (exact) mass is 576 g/mol. The molecule has 0 saturated carbocycles. The minimum atomic E-state index is -0.679. The molecule has 2 aliphatic heterocycles. The fourth-order valence-corrected chi connectivity index (χ4v) is 4.87. The van der Waals surface area contributed by atoms with E-state index in [0.717, 1.165) is 5.69 Å². The molecule has 12 heteroatoms. The summed E-state index contributed by atoms with van der Waals surface area (Å²) in [5.74, 6) is -0.598. The van der Waals surface area contributed by atoms with Crippen LogP contribution in [0.4, 0.5) is 26.4 Å². The van der Waals surface area contributed by atoms with Crippen LogP contribution in [-0.2, 0) is 9.53 Å². The van der Waals surface area contributed by atoms with Gasteiger partial charge in [-0.05, 0) is 36.5 Å². The Bertz CT molecular complexity index is 1530. The molecule has 3 amide bonds. The van der Waals surface area contributed by atoms with E-state index < -0.39 is 11.7 Å². The molecule has 1 fully saturated rings. The Morgan fingerprint density at radius 1 is 1.10 bits per heavy atom. The summed E-state index contributed by atoms with van der Waals surface area (Å²) in [6, 6.07) is 15.0. The van der Waals surface area contributed by atoms with Crippen LogP contribution in [0, 0.1) is 5.82 Å². The second kappa shape index (κ2) is 12.0. The van der Waals surface area contributed by atoms with Crippen LogP contribution in [0.5, 0.6) is 11.5 Å². The van der Waals surface area contributed by atoms with Gasteiger partial charge in [0, 0.05) is 44.2 Å². The summed E-state index contributed by atoms with van der Waals surface area (Å²) < 4.78 is 26.2. The number of allylic oxidation sites excluding steroid dienone is 1. The molecule has 0 radical (unpaired) electrons. The number of carbonyl (C=O) groups is 2. The van der Waals surface area contributed by atoms with Crippen molar-refractivity contribution in [3.05, 3.63) is 90.2 Å². The van der Waals surface area contributed by atoms with Gasteiger partial charge in [-0.15, -0.1) is 9.24 Å². The largest absolute Gasteiger partial charge is 0.454 e. The van der Waals surface area contributed by atoms with Crippen molar-refractivity contribution in [3.63, 3.8) is 0 Å². The average Bonchev–Trinajstić information content (AvgIpc) is 3.19. The minimum Gasteiger partial charge on any atom is -0.454 e. The Morgan fingerprint density at radius 2 is 1.83 bits per heavy atom. The second-order valence-electron chi connectivity index (χ2n) is 9.41. The van der Waals surface area contributed by atoms with E-state index in [1.54, 1.807) is 11.0 Å². The highest BCUT2D eigenvalue weighted by atomic mass is 31.0. The van der Waals surface area contributed by atoms with Gasteiger partial charge in [0.15, 0.2) is 11.6 Å². The van der Waals surface area contributed by atoms with Crippen LogP contribution in [0.15, 0.2) is 84.3 Å². The summed E-state index contributed by atoms with van der Waals surface area (Å²) in [4.78, 5) is 31.6. The number of urea groups is 1. The van der Waals surface area contributed by atoms with Crippen molar-refractivity contribution < 1.29 is 23.5 Å². The highest BCUT2D eigenvalue weighted by molar-refractivity contribution is 7.28.